The average Bonchev–Trinajstić information content (AvgIpc) is 2.64. The largest absolute Gasteiger partial charge is 0.487 e. The van der Waals surface area contributed by atoms with Crippen molar-refractivity contribution in [1.29, 1.82) is 0 Å². The minimum absolute atomic E-state index is 0.184. The second-order valence-electron chi connectivity index (χ2n) is 5.24. The summed E-state index contributed by atoms with van der Waals surface area (Å²) in [5.41, 5.74) is 8.33. The van der Waals surface area contributed by atoms with Crippen molar-refractivity contribution in [3.05, 3.63) is 29.3 Å². The zero-order chi connectivity index (χ0) is 11.8. The molecule has 0 bridgehead atoms. The van der Waals surface area contributed by atoms with Gasteiger partial charge in [0.25, 0.3) is 0 Å². The van der Waals surface area contributed by atoms with E-state index in [1.165, 1.54) is 11.1 Å². The van der Waals surface area contributed by atoms with Crippen LogP contribution < -0.4 is 10.5 Å². The van der Waals surface area contributed by atoms with Crippen molar-refractivity contribution in [3.63, 3.8) is 0 Å². The van der Waals surface area contributed by atoms with Crippen molar-refractivity contribution >= 4 is 0 Å². The number of nitrogens with two attached hydrogens (primary N) is 1. The molecule has 3 rings (SSSR count). The third-order valence-corrected chi connectivity index (χ3v) is 3.61. The second-order valence-corrected chi connectivity index (χ2v) is 5.24. The Labute approximate surface area is 102 Å². The lowest BCUT2D eigenvalue weighted by molar-refractivity contribution is -0.0381. The number of rotatable bonds is 3. The number of benzene rings is 1. The zero-order valence-electron chi connectivity index (χ0n) is 10.2. The first-order valence-electron chi connectivity index (χ1n) is 6.34. The molecule has 1 atom stereocenters. The van der Waals surface area contributed by atoms with E-state index >= 15 is 0 Å². The van der Waals surface area contributed by atoms with Crippen LogP contribution in [0.1, 0.15) is 24.0 Å². The van der Waals surface area contributed by atoms with Gasteiger partial charge in [-0.25, -0.2) is 0 Å². The van der Waals surface area contributed by atoms with Crippen LogP contribution in [-0.4, -0.2) is 24.9 Å². The van der Waals surface area contributed by atoms with Gasteiger partial charge in [0, 0.05) is 12.5 Å². The van der Waals surface area contributed by atoms with Crippen LogP contribution in [0.25, 0.3) is 0 Å². The molecule has 3 nitrogen and oxygen atoms in total. The topological polar surface area (TPSA) is 44.5 Å². The molecule has 0 radical (unpaired) electrons. The van der Waals surface area contributed by atoms with E-state index in [4.69, 9.17) is 15.2 Å². The van der Waals surface area contributed by atoms with Crippen LogP contribution in [0.5, 0.6) is 5.75 Å². The van der Waals surface area contributed by atoms with Gasteiger partial charge in [0.15, 0.2) is 0 Å². The molecule has 3 heteroatoms. The van der Waals surface area contributed by atoms with Gasteiger partial charge in [-0.1, -0.05) is 17.7 Å². The predicted molar refractivity (Wildman–Crippen MR) is 66.2 cm³/mol. The van der Waals surface area contributed by atoms with Crippen LogP contribution in [-0.2, 0) is 11.2 Å². The Morgan fingerprint density at radius 2 is 2.24 bits per heavy atom. The highest BCUT2D eigenvalue weighted by atomic mass is 16.5. The van der Waals surface area contributed by atoms with Gasteiger partial charge in [-0.15, -0.1) is 0 Å². The highest BCUT2D eigenvalue weighted by Gasteiger charge is 2.29. The van der Waals surface area contributed by atoms with Gasteiger partial charge in [-0.05, 0) is 31.4 Å². The van der Waals surface area contributed by atoms with E-state index in [9.17, 15) is 0 Å². The minimum atomic E-state index is 0.184. The Kier molecular flexibility index (Phi) is 2.81. The number of aryl methyl sites for hydroxylation is 1. The van der Waals surface area contributed by atoms with Crippen LogP contribution in [0.3, 0.4) is 0 Å². The molecule has 1 aliphatic carbocycles. The molecule has 17 heavy (non-hydrogen) atoms. The summed E-state index contributed by atoms with van der Waals surface area (Å²) in [6, 6.07) is 6.70. The van der Waals surface area contributed by atoms with E-state index in [0.717, 1.165) is 25.0 Å². The van der Waals surface area contributed by atoms with Gasteiger partial charge >= 0.3 is 0 Å². The first-order chi connectivity index (χ1) is 8.20. The molecular formula is C14H19NO2. The molecule has 1 unspecified atom stereocenters. The van der Waals surface area contributed by atoms with Crippen molar-refractivity contribution in [3.8, 4) is 5.75 Å². The number of hydrogen-bond donors (Lipinski definition) is 1. The first kappa shape index (κ1) is 11.1. The number of hydrogen-bond acceptors (Lipinski definition) is 3. The lowest BCUT2D eigenvalue weighted by Crippen LogP contribution is -2.43. The van der Waals surface area contributed by atoms with Gasteiger partial charge in [0.05, 0.1) is 12.7 Å². The SMILES string of the molecule is Cc1ccc2c(c1)CC(COC1CC(N)C1)O2. The van der Waals surface area contributed by atoms with Crippen molar-refractivity contribution < 1.29 is 9.47 Å². The van der Waals surface area contributed by atoms with Crippen molar-refractivity contribution in [1.82, 2.24) is 0 Å². The smallest absolute Gasteiger partial charge is 0.126 e. The summed E-state index contributed by atoms with van der Waals surface area (Å²) in [5, 5.41) is 0. The fraction of sp³-hybridized carbons (Fsp3) is 0.571. The van der Waals surface area contributed by atoms with Crippen molar-refractivity contribution in [2.75, 3.05) is 6.61 Å². The molecule has 1 saturated carbocycles. The molecule has 1 fully saturated rings. The van der Waals surface area contributed by atoms with E-state index in [-0.39, 0.29) is 6.10 Å². The number of fused-ring (bicyclic) bond motifs is 1. The van der Waals surface area contributed by atoms with Crippen LogP contribution in [0.4, 0.5) is 0 Å². The van der Waals surface area contributed by atoms with E-state index in [2.05, 4.69) is 25.1 Å². The highest BCUT2D eigenvalue weighted by molar-refractivity contribution is 5.40. The molecular weight excluding hydrogens is 214 g/mol. The average molecular weight is 233 g/mol. The fourth-order valence-corrected chi connectivity index (χ4v) is 2.53. The summed E-state index contributed by atoms with van der Waals surface area (Å²) in [5.74, 6) is 1.02. The first-order valence-corrected chi connectivity index (χ1v) is 6.34. The van der Waals surface area contributed by atoms with Crippen molar-refractivity contribution in [2.24, 2.45) is 5.73 Å². The summed E-state index contributed by atoms with van der Waals surface area (Å²) in [7, 11) is 0. The van der Waals surface area contributed by atoms with E-state index in [0.29, 0.717) is 18.8 Å². The summed E-state index contributed by atoms with van der Waals surface area (Å²) in [6.07, 6.45) is 3.51. The Balaban J connectivity index is 1.52. The van der Waals surface area contributed by atoms with Gasteiger partial charge in [-0.2, -0.15) is 0 Å². The summed E-state index contributed by atoms with van der Waals surface area (Å²) < 4.78 is 11.6. The second kappa shape index (κ2) is 4.31. The lowest BCUT2D eigenvalue weighted by Gasteiger charge is -2.32. The maximum Gasteiger partial charge on any atom is 0.126 e. The summed E-state index contributed by atoms with van der Waals surface area (Å²) in [6.45, 7) is 2.80. The van der Waals surface area contributed by atoms with Crippen LogP contribution in [0.15, 0.2) is 18.2 Å². The Morgan fingerprint density at radius 1 is 1.41 bits per heavy atom. The Bertz CT molecular complexity index is 413. The molecule has 0 amide bonds. The van der Waals surface area contributed by atoms with Crippen LogP contribution in [0, 0.1) is 6.92 Å². The Hall–Kier alpha value is -1.06. The van der Waals surface area contributed by atoms with Crippen LogP contribution in [0.2, 0.25) is 0 Å². The van der Waals surface area contributed by atoms with E-state index in [1.54, 1.807) is 0 Å². The standard InChI is InChI=1S/C14H19NO2/c1-9-2-3-14-10(4-9)5-13(17-14)8-16-12-6-11(15)7-12/h2-4,11-13H,5-8,15H2,1H3. The molecule has 1 heterocycles. The molecule has 0 spiro atoms. The number of ether oxygens (including phenoxy) is 2. The zero-order valence-corrected chi connectivity index (χ0v) is 10.2. The molecule has 92 valence electrons. The van der Waals surface area contributed by atoms with Gasteiger partial charge in [0.1, 0.15) is 11.9 Å². The fourth-order valence-electron chi connectivity index (χ4n) is 2.53. The minimum Gasteiger partial charge on any atom is -0.487 e. The highest BCUT2D eigenvalue weighted by Crippen LogP contribution is 2.30. The Morgan fingerprint density at radius 3 is 3.00 bits per heavy atom. The third-order valence-electron chi connectivity index (χ3n) is 3.61. The van der Waals surface area contributed by atoms with Gasteiger partial charge < -0.3 is 15.2 Å². The summed E-state index contributed by atoms with van der Waals surface area (Å²) in [4.78, 5) is 0. The monoisotopic (exact) mass is 233 g/mol. The molecule has 2 aliphatic rings. The molecule has 0 aromatic heterocycles. The predicted octanol–water partition coefficient (Wildman–Crippen LogP) is 1.80. The molecule has 2 N–H and O–H groups in total. The quantitative estimate of drug-likeness (QED) is 0.866. The van der Waals surface area contributed by atoms with E-state index < -0.39 is 0 Å². The van der Waals surface area contributed by atoms with Crippen molar-refractivity contribution in [2.45, 2.75) is 44.4 Å². The normalized spacial score (nSPS) is 30.6. The molecule has 1 aromatic rings. The maximum atomic E-state index is 5.85. The van der Waals surface area contributed by atoms with E-state index in [1.807, 2.05) is 0 Å². The van der Waals surface area contributed by atoms with Crippen LogP contribution >= 0.6 is 0 Å². The maximum absolute atomic E-state index is 5.85. The lowest BCUT2D eigenvalue weighted by atomic mass is 9.90. The third kappa shape index (κ3) is 2.31. The molecule has 1 aromatic carbocycles. The summed E-state index contributed by atoms with van der Waals surface area (Å²) >= 11 is 0. The van der Waals surface area contributed by atoms with Gasteiger partial charge in [0.2, 0.25) is 0 Å². The molecule has 1 aliphatic heterocycles. The van der Waals surface area contributed by atoms with Gasteiger partial charge in [-0.3, -0.25) is 0 Å². The molecule has 0 saturated heterocycles.